The highest BCUT2D eigenvalue weighted by atomic mass is 127. The molecule has 0 unspecified atom stereocenters. The van der Waals surface area contributed by atoms with Crippen LogP contribution in [0.2, 0.25) is 0 Å². The Hall–Kier alpha value is -2.09. The molecule has 0 saturated carbocycles. The van der Waals surface area contributed by atoms with Crippen LogP contribution >= 0.6 is 0 Å². The van der Waals surface area contributed by atoms with Gasteiger partial charge in [-0.05, 0) is 37.3 Å². The fraction of sp³-hybridized carbons (Fsp3) is 0.176. The topological polar surface area (TPSA) is 46.6 Å². The molecule has 23 heavy (non-hydrogen) atoms. The highest BCUT2D eigenvalue weighted by molar-refractivity contribution is 5.70. The van der Waals surface area contributed by atoms with Crippen LogP contribution in [0.15, 0.2) is 48.7 Å². The first-order valence-corrected chi connectivity index (χ1v) is 7.07. The van der Waals surface area contributed by atoms with Crippen molar-refractivity contribution in [2.24, 2.45) is 7.05 Å². The summed E-state index contributed by atoms with van der Waals surface area (Å²) in [6, 6.07) is 13.7. The Morgan fingerprint density at radius 2 is 1.87 bits per heavy atom. The molecule has 1 aromatic carbocycles. The van der Waals surface area contributed by atoms with Crippen molar-refractivity contribution in [1.29, 1.82) is 0 Å². The van der Waals surface area contributed by atoms with E-state index in [4.69, 9.17) is 4.74 Å². The zero-order valence-corrected chi connectivity index (χ0v) is 15.4. The summed E-state index contributed by atoms with van der Waals surface area (Å²) >= 11 is 0. The van der Waals surface area contributed by atoms with Crippen molar-refractivity contribution in [2.75, 3.05) is 7.05 Å². The SMILES string of the molecule is CNC(=O)Oc1ccc(-c2cn3c(C)cccc3[n+]2C)cc1.[I-]. The second-order valence-electron chi connectivity index (χ2n) is 5.13. The number of aromatic nitrogens is 2. The third-order valence-corrected chi connectivity index (χ3v) is 3.73. The maximum Gasteiger partial charge on any atom is 0.412 e. The first-order chi connectivity index (χ1) is 10.6. The summed E-state index contributed by atoms with van der Waals surface area (Å²) in [5, 5.41) is 2.42. The lowest BCUT2D eigenvalue weighted by Crippen LogP contribution is -3.00. The molecule has 0 aliphatic carbocycles. The molecule has 0 saturated heterocycles. The van der Waals surface area contributed by atoms with Crippen LogP contribution in [0.5, 0.6) is 5.75 Å². The molecular formula is C17H18IN3O2. The summed E-state index contributed by atoms with van der Waals surface area (Å²) in [6.07, 6.45) is 1.64. The molecule has 120 valence electrons. The van der Waals surface area contributed by atoms with Gasteiger partial charge in [0, 0.05) is 18.7 Å². The zero-order chi connectivity index (χ0) is 15.7. The van der Waals surface area contributed by atoms with Crippen LogP contribution in [-0.4, -0.2) is 17.5 Å². The van der Waals surface area contributed by atoms with E-state index in [2.05, 4.69) is 45.6 Å². The van der Waals surface area contributed by atoms with Gasteiger partial charge in [0.1, 0.15) is 17.6 Å². The molecule has 2 heterocycles. The third-order valence-electron chi connectivity index (χ3n) is 3.73. The van der Waals surface area contributed by atoms with Crippen molar-refractivity contribution in [3.8, 4) is 17.0 Å². The molecule has 0 spiro atoms. The largest absolute Gasteiger partial charge is 1.00 e. The summed E-state index contributed by atoms with van der Waals surface area (Å²) in [6.45, 7) is 2.08. The van der Waals surface area contributed by atoms with E-state index in [1.807, 2.05) is 19.2 Å². The summed E-state index contributed by atoms with van der Waals surface area (Å²) in [5.41, 5.74) is 4.47. The number of amides is 1. The third kappa shape index (κ3) is 3.31. The minimum absolute atomic E-state index is 0. The second-order valence-corrected chi connectivity index (χ2v) is 5.13. The molecule has 0 radical (unpaired) electrons. The molecule has 0 aliphatic heterocycles. The van der Waals surface area contributed by atoms with Crippen LogP contribution < -0.4 is 38.6 Å². The van der Waals surface area contributed by atoms with Gasteiger partial charge in [-0.25, -0.2) is 9.36 Å². The number of hydrogen-bond acceptors (Lipinski definition) is 2. The van der Waals surface area contributed by atoms with Gasteiger partial charge in [0.15, 0.2) is 5.69 Å². The maximum atomic E-state index is 11.2. The Bertz CT molecular complexity index is 841. The fourth-order valence-electron chi connectivity index (χ4n) is 2.51. The van der Waals surface area contributed by atoms with Gasteiger partial charge in [-0.2, -0.15) is 4.40 Å². The summed E-state index contributed by atoms with van der Waals surface area (Å²) in [7, 11) is 3.57. The van der Waals surface area contributed by atoms with Gasteiger partial charge < -0.3 is 34.0 Å². The van der Waals surface area contributed by atoms with Gasteiger partial charge in [0.05, 0.1) is 7.05 Å². The minimum Gasteiger partial charge on any atom is -1.00 e. The molecule has 3 rings (SSSR count). The Morgan fingerprint density at radius 3 is 2.48 bits per heavy atom. The Balaban J connectivity index is 0.00000192. The lowest BCUT2D eigenvalue weighted by atomic mass is 10.1. The molecule has 1 amide bonds. The quantitative estimate of drug-likeness (QED) is 0.445. The summed E-state index contributed by atoms with van der Waals surface area (Å²) in [4.78, 5) is 11.2. The van der Waals surface area contributed by atoms with E-state index in [9.17, 15) is 4.79 Å². The number of nitrogens with zero attached hydrogens (tertiary/aromatic N) is 2. The van der Waals surface area contributed by atoms with Gasteiger partial charge in [-0.15, -0.1) is 0 Å². The average Bonchev–Trinajstić information content (AvgIpc) is 2.87. The van der Waals surface area contributed by atoms with Crippen LogP contribution in [0, 0.1) is 6.92 Å². The number of aryl methyl sites for hydroxylation is 2. The monoisotopic (exact) mass is 423 g/mol. The normalized spacial score (nSPS) is 10.2. The highest BCUT2D eigenvalue weighted by Gasteiger charge is 2.17. The van der Waals surface area contributed by atoms with Crippen LogP contribution in [0.3, 0.4) is 0 Å². The van der Waals surface area contributed by atoms with Crippen molar-refractivity contribution in [1.82, 2.24) is 9.72 Å². The van der Waals surface area contributed by atoms with Crippen molar-refractivity contribution in [3.63, 3.8) is 0 Å². The van der Waals surface area contributed by atoms with E-state index < -0.39 is 6.09 Å². The van der Waals surface area contributed by atoms with Gasteiger partial charge in [-0.3, -0.25) is 0 Å². The highest BCUT2D eigenvalue weighted by Crippen LogP contribution is 2.21. The fourth-order valence-corrected chi connectivity index (χ4v) is 2.51. The van der Waals surface area contributed by atoms with E-state index in [0.29, 0.717) is 5.75 Å². The number of pyridine rings is 1. The van der Waals surface area contributed by atoms with E-state index in [1.165, 1.54) is 12.7 Å². The molecule has 5 nitrogen and oxygen atoms in total. The lowest BCUT2D eigenvalue weighted by molar-refractivity contribution is -0.633. The van der Waals surface area contributed by atoms with Crippen molar-refractivity contribution in [3.05, 3.63) is 54.4 Å². The lowest BCUT2D eigenvalue weighted by Gasteiger charge is -2.03. The molecule has 0 atom stereocenters. The number of carbonyl (C=O) groups is 1. The second kappa shape index (κ2) is 6.99. The number of hydrogen-bond donors (Lipinski definition) is 1. The number of ether oxygens (including phenoxy) is 1. The van der Waals surface area contributed by atoms with Gasteiger partial charge in [0.25, 0.3) is 5.65 Å². The van der Waals surface area contributed by atoms with Crippen molar-refractivity contribution < 1.29 is 38.1 Å². The van der Waals surface area contributed by atoms with Gasteiger partial charge >= 0.3 is 6.09 Å². The molecule has 0 bridgehead atoms. The number of imidazole rings is 1. The first-order valence-electron chi connectivity index (χ1n) is 7.07. The smallest absolute Gasteiger partial charge is 0.412 e. The predicted octanol–water partition coefficient (Wildman–Crippen LogP) is -0.539. The molecule has 2 aromatic heterocycles. The van der Waals surface area contributed by atoms with Crippen LogP contribution in [0.25, 0.3) is 16.9 Å². The molecular weight excluding hydrogens is 405 g/mol. The maximum absolute atomic E-state index is 11.2. The van der Waals surface area contributed by atoms with Gasteiger partial charge in [-0.1, -0.05) is 6.07 Å². The van der Waals surface area contributed by atoms with Crippen molar-refractivity contribution in [2.45, 2.75) is 6.92 Å². The number of carbonyl (C=O) groups excluding carboxylic acids is 1. The average molecular weight is 423 g/mol. The first kappa shape index (κ1) is 17.3. The molecule has 0 fully saturated rings. The Morgan fingerprint density at radius 1 is 1.17 bits per heavy atom. The number of benzene rings is 1. The number of fused-ring (bicyclic) bond motifs is 1. The van der Waals surface area contributed by atoms with E-state index in [-0.39, 0.29) is 24.0 Å². The van der Waals surface area contributed by atoms with Gasteiger partial charge in [0.2, 0.25) is 0 Å². The van der Waals surface area contributed by atoms with E-state index in [0.717, 1.165) is 16.9 Å². The summed E-state index contributed by atoms with van der Waals surface area (Å²) < 4.78 is 9.40. The predicted molar refractivity (Wildman–Crippen MR) is 83.8 cm³/mol. The number of nitrogens with one attached hydrogen (secondary N) is 1. The Kier molecular flexibility index (Phi) is 5.25. The van der Waals surface area contributed by atoms with E-state index >= 15 is 0 Å². The molecule has 1 N–H and O–H groups in total. The van der Waals surface area contributed by atoms with Crippen LogP contribution in [0.4, 0.5) is 4.79 Å². The number of halogens is 1. The molecule has 0 aliphatic rings. The van der Waals surface area contributed by atoms with Crippen molar-refractivity contribution >= 4 is 11.7 Å². The van der Waals surface area contributed by atoms with Crippen LogP contribution in [0.1, 0.15) is 5.69 Å². The molecule has 6 heteroatoms. The summed E-state index contributed by atoms with van der Waals surface area (Å²) in [5.74, 6) is 0.519. The van der Waals surface area contributed by atoms with Crippen LogP contribution in [-0.2, 0) is 7.05 Å². The Labute approximate surface area is 151 Å². The van der Waals surface area contributed by atoms with E-state index in [1.54, 1.807) is 12.1 Å². The molecule has 3 aromatic rings. The zero-order valence-electron chi connectivity index (χ0n) is 13.2. The minimum atomic E-state index is -0.469. The standard InChI is InChI=1S/C17H17N3O2.HI/c1-12-5-4-6-16-19(3)15(11-20(12)16)13-7-9-14(10-8-13)22-17(21)18-2;/h4-11H,1-3H3;1H. The number of rotatable bonds is 2.